The monoisotopic (exact) mass is 442 g/mol. The summed E-state index contributed by atoms with van der Waals surface area (Å²) in [5, 5.41) is 0.921. The number of nitrogens with zero attached hydrogens (tertiary/aromatic N) is 2. The molecule has 1 aliphatic heterocycles. The van der Waals surface area contributed by atoms with Crippen LogP contribution < -0.4 is 4.74 Å². The molecule has 0 radical (unpaired) electrons. The highest BCUT2D eigenvalue weighted by Crippen LogP contribution is 2.35. The summed E-state index contributed by atoms with van der Waals surface area (Å²) in [6, 6.07) is 11.8. The van der Waals surface area contributed by atoms with Crippen LogP contribution in [0.5, 0.6) is 5.75 Å². The molecule has 1 aliphatic rings. The second kappa shape index (κ2) is 8.13. The van der Waals surface area contributed by atoms with Gasteiger partial charge in [0.1, 0.15) is 10.8 Å². The SMILES string of the molecule is CCOc1ccc(-c2nc3c(s2)CN(S(=O)(=O)c2c(C)cc(C)cc2C)CC3)cc1. The van der Waals surface area contributed by atoms with Crippen LogP contribution in [0.2, 0.25) is 0 Å². The van der Waals surface area contributed by atoms with E-state index in [1.165, 1.54) is 0 Å². The Morgan fingerprint density at radius 1 is 1.10 bits per heavy atom. The number of fused-ring (bicyclic) bond motifs is 1. The summed E-state index contributed by atoms with van der Waals surface area (Å²) < 4.78 is 33.9. The highest BCUT2D eigenvalue weighted by Gasteiger charge is 2.32. The Bertz CT molecular complexity index is 1160. The lowest BCUT2D eigenvalue weighted by Gasteiger charge is -2.27. The number of ether oxygens (including phenoxy) is 1. The van der Waals surface area contributed by atoms with Crippen molar-refractivity contribution in [2.24, 2.45) is 0 Å². The first-order valence-corrected chi connectivity index (χ1v) is 12.3. The predicted octanol–water partition coefficient (Wildman–Crippen LogP) is 4.88. The number of hydrogen-bond donors (Lipinski definition) is 0. The summed E-state index contributed by atoms with van der Waals surface area (Å²) in [7, 11) is -3.55. The summed E-state index contributed by atoms with van der Waals surface area (Å²) in [6.45, 7) is 9.16. The van der Waals surface area contributed by atoms with Crippen molar-refractivity contribution in [1.82, 2.24) is 9.29 Å². The van der Waals surface area contributed by atoms with Crippen LogP contribution >= 0.6 is 11.3 Å². The first kappa shape index (κ1) is 21.0. The number of sulfonamides is 1. The maximum absolute atomic E-state index is 13.4. The maximum atomic E-state index is 13.4. The Morgan fingerprint density at radius 2 is 1.77 bits per heavy atom. The van der Waals surface area contributed by atoms with Gasteiger partial charge in [-0.1, -0.05) is 17.7 Å². The minimum atomic E-state index is -3.55. The van der Waals surface area contributed by atoms with Gasteiger partial charge in [0.15, 0.2) is 0 Å². The topological polar surface area (TPSA) is 59.5 Å². The van der Waals surface area contributed by atoms with E-state index in [4.69, 9.17) is 9.72 Å². The molecule has 4 rings (SSSR count). The van der Waals surface area contributed by atoms with Crippen molar-refractivity contribution >= 4 is 21.4 Å². The Balaban J connectivity index is 1.61. The lowest BCUT2D eigenvalue weighted by molar-refractivity contribution is 0.340. The van der Waals surface area contributed by atoms with E-state index in [1.807, 2.05) is 64.1 Å². The molecule has 0 N–H and O–H groups in total. The zero-order valence-corrected chi connectivity index (χ0v) is 19.4. The fraction of sp³-hybridized carbons (Fsp3) is 0.348. The molecule has 0 fully saturated rings. The van der Waals surface area contributed by atoms with Gasteiger partial charge in [0, 0.05) is 23.4 Å². The summed E-state index contributed by atoms with van der Waals surface area (Å²) in [5.74, 6) is 0.837. The average molecular weight is 443 g/mol. The van der Waals surface area contributed by atoms with Gasteiger partial charge in [-0.05, 0) is 63.1 Å². The van der Waals surface area contributed by atoms with Crippen LogP contribution in [0.4, 0.5) is 0 Å². The molecule has 2 heterocycles. The largest absolute Gasteiger partial charge is 0.494 e. The van der Waals surface area contributed by atoms with Crippen LogP contribution in [0.25, 0.3) is 10.6 Å². The zero-order valence-electron chi connectivity index (χ0n) is 17.7. The standard InChI is InChI=1S/C23H26N2O3S2/c1-5-28-19-8-6-18(7-9-19)23-24-20-10-11-25(14-21(20)29-23)30(26,27)22-16(3)12-15(2)13-17(22)4/h6-9,12-13H,5,10-11,14H2,1-4H3. The van der Waals surface area contributed by atoms with Crippen LogP contribution in [0.1, 0.15) is 34.2 Å². The summed E-state index contributed by atoms with van der Waals surface area (Å²) in [6.07, 6.45) is 0.631. The molecule has 0 unspecified atom stereocenters. The minimum Gasteiger partial charge on any atom is -0.494 e. The Hall–Kier alpha value is -2.22. The van der Waals surface area contributed by atoms with Gasteiger partial charge >= 0.3 is 0 Å². The van der Waals surface area contributed by atoms with Crippen LogP contribution in [0.3, 0.4) is 0 Å². The van der Waals surface area contributed by atoms with Gasteiger partial charge in [-0.2, -0.15) is 4.31 Å². The molecule has 5 nitrogen and oxygen atoms in total. The molecule has 30 heavy (non-hydrogen) atoms. The lowest BCUT2D eigenvalue weighted by atomic mass is 10.1. The first-order valence-electron chi connectivity index (χ1n) is 10.1. The highest BCUT2D eigenvalue weighted by atomic mass is 32.2. The molecule has 0 spiro atoms. The number of hydrogen-bond acceptors (Lipinski definition) is 5. The third kappa shape index (κ3) is 3.89. The molecule has 0 saturated heterocycles. The van der Waals surface area contributed by atoms with Crippen molar-refractivity contribution in [3.05, 3.63) is 63.7 Å². The van der Waals surface area contributed by atoms with Crippen molar-refractivity contribution in [1.29, 1.82) is 0 Å². The number of benzene rings is 2. The Kier molecular flexibility index (Phi) is 5.70. The van der Waals surface area contributed by atoms with Gasteiger partial charge in [-0.3, -0.25) is 0 Å². The molecular formula is C23H26N2O3S2. The van der Waals surface area contributed by atoms with Gasteiger partial charge in [0.2, 0.25) is 10.0 Å². The second-order valence-electron chi connectivity index (χ2n) is 7.66. The lowest BCUT2D eigenvalue weighted by Crippen LogP contribution is -2.36. The minimum absolute atomic E-state index is 0.374. The van der Waals surface area contributed by atoms with Crippen molar-refractivity contribution < 1.29 is 13.2 Å². The third-order valence-electron chi connectivity index (χ3n) is 5.31. The van der Waals surface area contributed by atoms with Crippen LogP contribution in [0, 0.1) is 20.8 Å². The Morgan fingerprint density at radius 3 is 2.40 bits per heavy atom. The van der Waals surface area contributed by atoms with E-state index < -0.39 is 10.0 Å². The smallest absolute Gasteiger partial charge is 0.243 e. The van der Waals surface area contributed by atoms with E-state index in [0.29, 0.717) is 31.0 Å². The van der Waals surface area contributed by atoms with Crippen molar-refractivity contribution in [3.8, 4) is 16.3 Å². The second-order valence-corrected chi connectivity index (χ2v) is 10.6. The Labute approximate surface area is 182 Å². The fourth-order valence-corrected chi connectivity index (χ4v) is 7.10. The number of rotatable bonds is 5. The quantitative estimate of drug-likeness (QED) is 0.565. The van der Waals surface area contributed by atoms with Gasteiger partial charge in [-0.15, -0.1) is 11.3 Å². The van der Waals surface area contributed by atoms with E-state index in [-0.39, 0.29) is 0 Å². The molecule has 0 amide bonds. The summed E-state index contributed by atoms with van der Waals surface area (Å²) in [5.41, 5.74) is 4.72. The van der Waals surface area contributed by atoms with E-state index in [9.17, 15) is 8.42 Å². The molecule has 158 valence electrons. The van der Waals surface area contributed by atoms with E-state index >= 15 is 0 Å². The first-order chi connectivity index (χ1) is 14.3. The van der Waals surface area contributed by atoms with Crippen LogP contribution in [-0.4, -0.2) is 30.9 Å². The zero-order chi connectivity index (χ0) is 21.5. The van der Waals surface area contributed by atoms with Gasteiger partial charge in [-0.25, -0.2) is 13.4 Å². The molecular weight excluding hydrogens is 416 g/mol. The molecule has 1 aromatic heterocycles. The molecule has 0 saturated carbocycles. The molecule has 3 aromatic rings. The van der Waals surface area contributed by atoms with Gasteiger partial charge in [0.05, 0.1) is 23.7 Å². The highest BCUT2D eigenvalue weighted by molar-refractivity contribution is 7.89. The third-order valence-corrected chi connectivity index (χ3v) is 8.59. The molecule has 7 heteroatoms. The maximum Gasteiger partial charge on any atom is 0.243 e. The predicted molar refractivity (Wildman–Crippen MR) is 121 cm³/mol. The summed E-state index contributed by atoms with van der Waals surface area (Å²) in [4.78, 5) is 6.25. The number of aromatic nitrogens is 1. The normalized spacial score (nSPS) is 14.5. The van der Waals surface area contributed by atoms with E-state index in [0.717, 1.165) is 43.6 Å². The fourth-order valence-electron chi connectivity index (χ4n) is 4.06. The van der Waals surface area contributed by atoms with Crippen molar-refractivity contribution in [2.45, 2.75) is 45.6 Å². The van der Waals surface area contributed by atoms with Crippen LogP contribution in [0.15, 0.2) is 41.3 Å². The summed E-state index contributed by atoms with van der Waals surface area (Å²) >= 11 is 1.58. The van der Waals surface area contributed by atoms with E-state index in [1.54, 1.807) is 15.6 Å². The number of aryl methyl sites for hydroxylation is 3. The molecule has 0 atom stereocenters. The van der Waals surface area contributed by atoms with Crippen LogP contribution in [-0.2, 0) is 23.0 Å². The average Bonchev–Trinajstić information content (AvgIpc) is 3.11. The van der Waals surface area contributed by atoms with E-state index in [2.05, 4.69) is 0 Å². The number of thiazole rings is 1. The van der Waals surface area contributed by atoms with Gasteiger partial charge in [0.25, 0.3) is 0 Å². The molecule has 0 aliphatic carbocycles. The van der Waals surface area contributed by atoms with Crippen molar-refractivity contribution in [2.75, 3.05) is 13.2 Å². The van der Waals surface area contributed by atoms with Gasteiger partial charge < -0.3 is 4.74 Å². The molecule has 0 bridgehead atoms. The van der Waals surface area contributed by atoms with Crippen molar-refractivity contribution in [3.63, 3.8) is 0 Å². The molecule has 2 aromatic carbocycles.